The Morgan fingerprint density at radius 3 is 2.65 bits per heavy atom. The Bertz CT molecular complexity index is 445. The number of carbonyl (C=O) groups is 1. The molecule has 0 radical (unpaired) electrons. The highest BCUT2D eigenvalue weighted by atomic mass is 79.9. The molecule has 1 aromatic carbocycles. The van der Waals surface area contributed by atoms with E-state index in [1.54, 1.807) is 25.3 Å². The van der Waals surface area contributed by atoms with Gasteiger partial charge in [-0.1, -0.05) is 11.2 Å². The molecule has 1 N–H and O–H groups in total. The van der Waals surface area contributed by atoms with Gasteiger partial charge in [-0.3, -0.25) is 0 Å². The summed E-state index contributed by atoms with van der Waals surface area (Å²) in [6.45, 7) is 0. The van der Waals surface area contributed by atoms with Crippen molar-refractivity contribution in [1.29, 1.82) is 0 Å². The number of halogens is 1. The fourth-order valence-electron chi connectivity index (χ4n) is 1.28. The molecular formula is C11H12BrNO4. The molecule has 17 heavy (non-hydrogen) atoms. The summed E-state index contributed by atoms with van der Waals surface area (Å²) in [5.41, 5.74) is 0.750. The lowest BCUT2D eigenvalue weighted by Gasteiger charge is -2.06. The first-order valence-electron chi connectivity index (χ1n) is 4.74. The Labute approximate surface area is 107 Å². The molecule has 92 valence electrons. The Kier molecular flexibility index (Phi) is 4.96. The molecule has 0 bridgehead atoms. The van der Waals surface area contributed by atoms with Crippen molar-refractivity contribution in [2.75, 3.05) is 14.2 Å². The van der Waals surface area contributed by atoms with Gasteiger partial charge in [0.2, 0.25) is 0 Å². The molecule has 6 heteroatoms. The molecule has 5 nitrogen and oxygen atoms in total. The van der Waals surface area contributed by atoms with Crippen molar-refractivity contribution in [2.24, 2.45) is 5.16 Å². The largest absolute Gasteiger partial charge is 0.496 e. The van der Waals surface area contributed by atoms with E-state index in [0.29, 0.717) is 5.75 Å². The number of nitrogens with zero attached hydrogens (tertiary/aromatic N) is 1. The van der Waals surface area contributed by atoms with Crippen LogP contribution in [-0.2, 0) is 16.0 Å². The predicted octanol–water partition coefficient (Wildman–Crippen LogP) is 2.00. The Morgan fingerprint density at radius 2 is 2.18 bits per heavy atom. The zero-order valence-electron chi connectivity index (χ0n) is 9.44. The molecule has 0 saturated heterocycles. The van der Waals surface area contributed by atoms with E-state index in [4.69, 9.17) is 9.94 Å². The van der Waals surface area contributed by atoms with E-state index in [0.717, 1.165) is 10.0 Å². The monoisotopic (exact) mass is 301 g/mol. The number of ether oxygens (including phenoxy) is 2. The van der Waals surface area contributed by atoms with Crippen LogP contribution >= 0.6 is 15.9 Å². The first-order valence-corrected chi connectivity index (χ1v) is 5.53. The van der Waals surface area contributed by atoms with E-state index >= 15 is 0 Å². The first-order chi connectivity index (χ1) is 8.12. The Balaban J connectivity index is 2.88. The number of hydrogen-bond acceptors (Lipinski definition) is 5. The van der Waals surface area contributed by atoms with Crippen LogP contribution in [0.15, 0.2) is 27.8 Å². The van der Waals surface area contributed by atoms with E-state index in [1.807, 2.05) is 0 Å². The van der Waals surface area contributed by atoms with Crippen LogP contribution in [0.2, 0.25) is 0 Å². The summed E-state index contributed by atoms with van der Waals surface area (Å²) in [6, 6.07) is 5.32. The van der Waals surface area contributed by atoms with Crippen LogP contribution in [0.5, 0.6) is 5.75 Å². The summed E-state index contributed by atoms with van der Waals surface area (Å²) in [5, 5.41) is 11.6. The minimum absolute atomic E-state index is 0.0513. The fraction of sp³-hybridized carbons (Fsp3) is 0.273. The number of oxime groups is 1. The minimum Gasteiger partial charge on any atom is -0.496 e. The van der Waals surface area contributed by atoms with Gasteiger partial charge >= 0.3 is 5.97 Å². The number of benzene rings is 1. The quantitative estimate of drug-likeness (QED) is 0.400. The predicted molar refractivity (Wildman–Crippen MR) is 65.6 cm³/mol. The maximum Gasteiger partial charge on any atom is 0.356 e. The second kappa shape index (κ2) is 6.24. The summed E-state index contributed by atoms with van der Waals surface area (Å²) in [4.78, 5) is 11.2. The molecule has 0 unspecified atom stereocenters. The number of hydrogen-bond donors (Lipinski definition) is 1. The van der Waals surface area contributed by atoms with Crippen LogP contribution in [0, 0.1) is 0 Å². The molecule has 0 aliphatic heterocycles. The van der Waals surface area contributed by atoms with E-state index in [-0.39, 0.29) is 12.1 Å². The molecule has 1 rings (SSSR count). The molecule has 0 spiro atoms. The highest BCUT2D eigenvalue weighted by molar-refractivity contribution is 9.10. The molecule has 0 aromatic heterocycles. The second-order valence-electron chi connectivity index (χ2n) is 3.18. The van der Waals surface area contributed by atoms with Crippen LogP contribution in [0.4, 0.5) is 0 Å². The summed E-state index contributed by atoms with van der Waals surface area (Å²) in [6.07, 6.45) is 0.186. The van der Waals surface area contributed by atoms with Crippen LogP contribution in [0.3, 0.4) is 0 Å². The van der Waals surface area contributed by atoms with E-state index in [9.17, 15) is 4.79 Å². The topological polar surface area (TPSA) is 68.1 Å². The molecule has 0 heterocycles. The van der Waals surface area contributed by atoms with E-state index in [2.05, 4.69) is 25.8 Å². The summed E-state index contributed by atoms with van der Waals surface area (Å²) in [7, 11) is 2.80. The fourth-order valence-corrected chi connectivity index (χ4v) is 1.87. The third-order valence-electron chi connectivity index (χ3n) is 2.13. The zero-order valence-corrected chi connectivity index (χ0v) is 11.0. The third-order valence-corrected chi connectivity index (χ3v) is 2.75. The SMILES string of the molecule is COC(=O)/C(Cc1ccc(OC)c(Br)c1)=N\O. The number of rotatable bonds is 4. The van der Waals surface area contributed by atoms with Gasteiger partial charge in [0.15, 0.2) is 5.71 Å². The Hall–Kier alpha value is -1.56. The molecule has 0 saturated carbocycles. The lowest BCUT2D eigenvalue weighted by molar-refractivity contribution is -0.132. The maximum absolute atomic E-state index is 11.2. The van der Waals surface area contributed by atoms with Crippen molar-refractivity contribution in [1.82, 2.24) is 0 Å². The molecule has 0 aliphatic rings. The summed E-state index contributed by atoms with van der Waals surface area (Å²) >= 11 is 3.33. The highest BCUT2D eigenvalue weighted by Gasteiger charge is 2.14. The van der Waals surface area contributed by atoms with Crippen molar-refractivity contribution < 1.29 is 19.5 Å². The standard InChI is InChI=1S/C11H12BrNO4/c1-16-10-4-3-7(5-8(10)12)6-9(13-15)11(14)17-2/h3-5,15H,6H2,1-2H3/b13-9-. The zero-order chi connectivity index (χ0) is 12.8. The number of esters is 1. The van der Waals surface area contributed by atoms with Crippen molar-refractivity contribution in [3.8, 4) is 5.75 Å². The average Bonchev–Trinajstić information content (AvgIpc) is 2.35. The molecule has 1 aromatic rings. The van der Waals surface area contributed by atoms with Gasteiger partial charge in [0.25, 0.3) is 0 Å². The van der Waals surface area contributed by atoms with Gasteiger partial charge in [-0.05, 0) is 33.6 Å². The molecule has 0 aliphatic carbocycles. The van der Waals surface area contributed by atoms with Crippen molar-refractivity contribution >= 4 is 27.6 Å². The molecule has 0 atom stereocenters. The van der Waals surface area contributed by atoms with E-state index < -0.39 is 5.97 Å². The number of carbonyl (C=O) groups excluding carboxylic acids is 1. The smallest absolute Gasteiger partial charge is 0.356 e. The van der Waals surface area contributed by atoms with Crippen molar-refractivity contribution in [2.45, 2.75) is 6.42 Å². The van der Waals surface area contributed by atoms with Gasteiger partial charge in [-0.25, -0.2) is 4.79 Å². The first kappa shape index (κ1) is 13.5. The third kappa shape index (κ3) is 3.45. The van der Waals surface area contributed by atoms with Gasteiger partial charge in [0, 0.05) is 6.42 Å². The Morgan fingerprint density at radius 1 is 1.47 bits per heavy atom. The van der Waals surface area contributed by atoms with E-state index in [1.165, 1.54) is 7.11 Å². The molecular weight excluding hydrogens is 290 g/mol. The van der Waals surface area contributed by atoms with Gasteiger partial charge in [0.05, 0.1) is 18.7 Å². The maximum atomic E-state index is 11.2. The second-order valence-corrected chi connectivity index (χ2v) is 4.04. The van der Waals surface area contributed by atoms with Gasteiger partial charge in [0.1, 0.15) is 5.75 Å². The lowest BCUT2D eigenvalue weighted by Crippen LogP contribution is -2.18. The van der Waals surface area contributed by atoms with Crippen LogP contribution < -0.4 is 4.74 Å². The molecule has 0 amide bonds. The summed E-state index contributed by atoms with van der Waals surface area (Å²) < 4.78 is 10.3. The minimum atomic E-state index is -0.653. The normalized spacial score (nSPS) is 11.1. The lowest BCUT2D eigenvalue weighted by atomic mass is 10.1. The van der Waals surface area contributed by atoms with Crippen LogP contribution in [0.1, 0.15) is 5.56 Å². The van der Waals surface area contributed by atoms with Gasteiger partial charge in [-0.15, -0.1) is 0 Å². The highest BCUT2D eigenvalue weighted by Crippen LogP contribution is 2.25. The molecule has 0 fully saturated rings. The van der Waals surface area contributed by atoms with Crippen molar-refractivity contribution in [3.05, 3.63) is 28.2 Å². The number of methoxy groups -OCH3 is 2. The van der Waals surface area contributed by atoms with Crippen LogP contribution in [-0.4, -0.2) is 31.1 Å². The van der Waals surface area contributed by atoms with Gasteiger partial charge in [-0.2, -0.15) is 0 Å². The van der Waals surface area contributed by atoms with Crippen molar-refractivity contribution in [3.63, 3.8) is 0 Å². The average molecular weight is 302 g/mol. The van der Waals surface area contributed by atoms with Gasteiger partial charge < -0.3 is 14.7 Å². The van der Waals surface area contributed by atoms with Crippen LogP contribution in [0.25, 0.3) is 0 Å². The summed E-state index contributed by atoms with van der Waals surface area (Å²) in [5.74, 6) is 0.0359.